The predicted molar refractivity (Wildman–Crippen MR) is 121 cm³/mol. The first-order valence-electron chi connectivity index (χ1n) is 13.3. The molecule has 5 heteroatoms. The first kappa shape index (κ1) is 23.3. The highest BCUT2D eigenvalue weighted by Gasteiger charge is 2.71. The van der Waals surface area contributed by atoms with Gasteiger partial charge in [0.1, 0.15) is 5.78 Å². The molecule has 4 aliphatic carbocycles. The summed E-state index contributed by atoms with van der Waals surface area (Å²) in [5, 5.41) is 31.1. The van der Waals surface area contributed by atoms with E-state index in [9.17, 15) is 20.1 Å². The van der Waals surface area contributed by atoms with Crippen LogP contribution in [0.5, 0.6) is 0 Å². The van der Waals surface area contributed by atoms with Crippen LogP contribution in [0.1, 0.15) is 85.5 Å². The number of fused-ring (bicyclic) bond motifs is 7. The van der Waals surface area contributed by atoms with Gasteiger partial charge in [0.25, 0.3) is 0 Å². The Morgan fingerprint density at radius 2 is 1.91 bits per heavy atom. The maximum Gasteiger partial charge on any atom is 0.168 e. The van der Waals surface area contributed by atoms with Crippen LogP contribution in [0.15, 0.2) is 0 Å². The van der Waals surface area contributed by atoms with E-state index in [-0.39, 0.29) is 42.0 Å². The van der Waals surface area contributed by atoms with Crippen LogP contribution < -0.4 is 0 Å². The van der Waals surface area contributed by atoms with E-state index in [4.69, 9.17) is 4.74 Å². The van der Waals surface area contributed by atoms with Crippen LogP contribution in [0.4, 0.5) is 0 Å². The standard InChI is InChI=1S/C27H44O5/c1-15(14-28)7-10-27(31)16(2)24-22(32-27)12-21-19-6-5-17-11-18(29)8-9-25(17,3)20(19)13-23(30)26(21,24)4/h15-22,24,28-29,31H,5-14H2,1-4H3/t15-,16+,17+,18+,19-,20+,21+,22+,24+,25+,26-,27?/m1/s1. The van der Waals surface area contributed by atoms with E-state index in [1.54, 1.807) is 0 Å². The van der Waals surface area contributed by atoms with Gasteiger partial charge in [0, 0.05) is 36.7 Å². The average Bonchev–Trinajstić information content (AvgIpc) is 3.19. The number of carbonyl (C=O) groups is 1. The van der Waals surface area contributed by atoms with Gasteiger partial charge in [0.05, 0.1) is 12.2 Å². The van der Waals surface area contributed by atoms with Gasteiger partial charge < -0.3 is 20.1 Å². The van der Waals surface area contributed by atoms with Gasteiger partial charge in [-0.1, -0.05) is 27.7 Å². The van der Waals surface area contributed by atoms with E-state index >= 15 is 0 Å². The highest BCUT2D eigenvalue weighted by Crippen LogP contribution is 2.69. The number of rotatable bonds is 4. The lowest BCUT2D eigenvalue weighted by atomic mass is 9.44. The van der Waals surface area contributed by atoms with E-state index in [1.165, 1.54) is 6.42 Å². The number of carbonyl (C=O) groups excluding carboxylic acids is 1. The van der Waals surface area contributed by atoms with Crippen molar-refractivity contribution in [1.29, 1.82) is 0 Å². The summed E-state index contributed by atoms with van der Waals surface area (Å²) in [7, 11) is 0. The molecule has 5 fully saturated rings. The van der Waals surface area contributed by atoms with Crippen LogP contribution in [0, 0.1) is 52.3 Å². The zero-order valence-electron chi connectivity index (χ0n) is 20.4. The Morgan fingerprint density at radius 3 is 2.62 bits per heavy atom. The third-order valence-electron chi connectivity index (χ3n) is 11.5. The fraction of sp³-hybridized carbons (Fsp3) is 0.963. The Labute approximate surface area is 193 Å². The minimum absolute atomic E-state index is 0.0455. The summed E-state index contributed by atoms with van der Waals surface area (Å²) < 4.78 is 6.40. The maximum atomic E-state index is 13.9. The van der Waals surface area contributed by atoms with Crippen molar-refractivity contribution in [3.05, 3.63) is 0 Å². The summed E-state index contributed by atoms with van der Waals surface area (Å²) in [5.41, 5.74) is -0.236. The average molecular weight is 449 g/mol. The number of ether oxygens (including phenoxy) is 1. The lowest BCUT2D eigenvalue weighted by molar-refractivity contribution is -0.221. The molecule has 1 unspecified atom stereocenters. The van der Waals surface area contributed by atoms with Gasteiger partial charge >= 0.3 is 0 Å². The number of aliphatic hydroxyl groups is 3. The quantitative estimate of drug-likeness (QED) is 0.607. The van der Waals surface area contributed by atoms with E-state index in [0.717, 1.165) is 38.5 Å². The molecule has 0 bridgehead atoms. The lowest BCUT2D eigenvalue weighted by Crippen LogP contribution is -2.58. The van der Waals surface area contributed by atoms with Crippen LogP contribution in [0.2, 0.25) is 0 Å². The molecule has 1 heterocycles. The summed E-state index contributed by atoms with van der Waals surface area (Å²) >= 11 is 0. The molecule has 0 spiro atoms. The van der Waals surface area contributed by atoms with Crippen molar-refractivity contribution >= 4 is 5.78 Å². The van der Waals surface area contributed by atoms with E-state index < -0.39 is 11.2 Å². The zero-order chi connectivity index (χ0) is 23.1. The molecule has 0 amide bonds. The largest absolute Gasteiger partial charge is 0.396 e. The van der Waals surface area contributed by atoms with Gasteiger partial charge in [0.2, 0.25) is 0 Å². The van der Waals surface area contributed by atoms with Crippen LogP contribution in [0.25, 0.3) is 0 Å². The minimum Gasteiger partial charge on any atom is -0.396 e. The number of Topliss-reactive ketones (excluding diaryl/α,β-unsaturated/α-hetero) is 1. The van der Waals surface area contributed by atoms with Crippen molar-refractivity contribution in [1.82, 2.24) is 0 Å². The van der Waals surface area contributed by atoms with Gasteiger partial charge in [-0.2, -0.15) is 0 Å². The summed E-state index contributed by atoms with van der Waals surface area (Å²) in [5.74, 6) is 1.22. The second-order valence-corrected chi connectivity index (χ2v) is 12.9. The van der Waals surface area contributed by atoms with Gasteiger partial charge in [-0.05, 0) is 80.0 Å². The summed E-state index contributed by atoms with van der Waals surface area (Å²) in [6.45, 7) is 8.80. The third-order valence-corrected chi connectivity index (χ3v) is 11.5. The molecular formula is C27H44O5. The Kier molecular flexibility index (Phi) is 5.64. The van der Waals surface area contributed by atoms with Gasteiger partial charge in [-0.25, -0.2) is 0 Å². The van der Waals surface area contributed by atoms with Gasteiger partial charge in [0.15, 0.2) is 5.79 Å². The summed E-state index contributed by atoms with van der Waals surface area (Å²) in [6, 6.07) is 0. The fourth-order valence-electron chi connectivity index (χ4n) is 9.43. The Morgan fingerprint density at radius 1 is 1.16 bits per heavy atom. The second-order valence-electron chi connectivity index (χ2n) is 12.9. The van der Waals surface area contributed by atoms with Crippen molar-refractivity contribution in [2.24, 2.45) is 52.3 Å². The van der Waals surface area contributed by atoms with Crippen molar-refractivity contribution in [3.63, 3.8) is 0 Å². The molecule has 0 aromatic heterocycles. The second kappa shape index (κ2) is 7.76. The molecule has 182 valence electrons. The van der Waals surface area contributed by atoms with Crippen LogP contribution in [0.3, 0.4) is 0 Å². The predicted octanol–water partition coefficient (Wildman–Crippen LogP) is 3.93. The van der Waals surface area contributed by atoms with Gasteiger partial charge in [-0.15, -0.1) is 0 Å². The topological polar surface area (TPSA) is 87.0 Å². The van der Waals surface area contributed by atoms with Crippen LogP contribution in [-0.4, -0.2) is 45.7 Å². The van der Waals surface area contributed by atoms with E-state index in [1.807, 2.05) is 6.92 Å². The maximum absolute atomic E-state index is 13.9. The van der Waals surface area contributed by atoms with Gasteiger partial charge in [-0.3, -0.25) is 4.79 Å². The van der Waals surface area contributed by atoms with Crippen molar-refractivity contribution in [2.75, 3.05) is 6.61 Å². The molecule has 5 rings (SSSR count). The minimum atomic E-state index is -1.19. The molecule has 1 saturated heterocycles. The Hall–Kier alpha value is -0.490. The molecule has 4 saturated carbocycles. The molecule has 12 atom stereocenters. The smallest absolute Gasteiger partial charge is 0.168 e. The molecule has 0 aromatic carbocycles. The first-order chi connectivity index (χ1) is 15.0. The summed E-state index contributed by atoms with van der Waals surface area (Å²) in [4.78, 5) is 13.9. The highest BCUT2D eigenvalue weighted by molar-refractivity contribution is 5.87. The van der Waals surface area contributed by atoms with Crippen LogP contribution in [-0.2, 0) is 9.53 Å². The molecule has 3 N–H and O–H groups in total. The third kappa shape index (κ3) is 3.13. The molecule has 5 nitrogen and oxygen atoms in total. The Bertz CT molecular complexity index is 754. The molecule has 0 radical (unpaired) electrons. The normalized spacial score (nSPS) is 55.7. The lowest BCUT2D eigenvalue weighted by Gasteiger charge is -2.60. The van der Waals surface area contributed by atoms with E-state index in [0.29, 0.717) is 42.3 Å². The molecule has 1 aliphatic heterocycles. The monoisotopic (exact) mass is 448 g/mol. The van der Waals surface area contributed by atoms with Crippen molar-refractivity contribution < 1.29 is 24.9 Å². The Balaban J connectivity index is 1.40. The molecule has 5 aliphatic rings. The van der Waals surface area contributed by atoms with Crippen molar-refractivity contribution in [3.8, 4) is 0 Å². The number of aliphatic hydroxyl groups excluding tert-OH is 2. The molecule has 0 aromatic rings. The van der Waals surface area contributed by atoms with Crippen molar-refractivity contribution in [2.45, 2.75) is 103 Å². The number of hydrogen-bond donors (Lipinski definition) is 3. The SMILES string of the molecule is C[C@@H](CO)CCC1(O)O[C@H]2C[C@H]3[C@@H]4CC[C@H]5C[C@@H](O)CC[C@]5(C)[C@H]4CC(=O)[C@]3(C)[C@H]2[C@@H]1C. The highest BCUT2D eigenvalue weighted by atomic mass is 16.6. The number of ketones is 1. The summed E-state index contributed by atoms with van der Waals surface area (Å²) in [6.07, 6.45) is 7.73. The zero-order valence-corrected chi connectivity index (χ0v) is 20.4. The molecule has 32 heavy (non-hydrogen) atoms. The first-order valence-corrected chi connectivity index (χ1v) is 13.3. The van der Waals surface area contributed by atoms with E-state index in [2.05, 4.69) is 20.8 Å². The fourth-order valence-corrected chi connectivity index (χ4v) is 9.43. The van der Waals surface area contributed by atoms with Crippen LogP contribution >= 0.6 is 0 Å². The number of hydrogen-bond acceptors (Lipinski definition) is 5. The molecular weight excluding hydrogens is 404 g/mol.